The SMILES string of the molecule is O=C(CN1C(=O)c2ccccc2C1=O)N1CCN(Cc2ccccc2)CC1.[Cl-]. The standard InChI is InChI=1S/C21H21N3O3.ClH/c25-19(15-24-20(26)17-8-4-5-9-18(17)21(24)27)23-12-10-22(11-13-23)14-16-6-2-1-3-7-16;/h1-9H,10-15H2;1H/p-1. The van der Waals surface area contributed by atoms with E-state index in [-0.39, 0.29) is 36.7 Å². The van der Waals surface area contributed by atoms with Crippen molar-refractivity contribution in [1.82, 2.24) is 14.7 Å². The topological polar surface area (TPSA) is 60.9 Å². The Labute approximate surface area is 170 Å². The molecule has 0 saturated carbocycles. The largest absolute Gasteiger partial charge is 1.00 e. The molecule has 146 valence electrons. The van der Waals surface area contributed by atoms with Crippen molar-refractivity contribution in [3.63, 3.8) is 0 Å². The summed E-state index contributed by atoms with van der Waals surface area (Å²) in [5, 5.41) is 0. The highest BCUT2D eigenvalue weighted by atomic mass is 35.5. The zero-order valence-electron chi connectivity index (χ0n) is 15.4. The van der Waals surface area contributed by atoms with Gasteiger partial charge in [-0.25, -0.2) is 0 Å². The van der Waals surface area contributed by atoms with Crippen molar-refractivity contribution in [1.29, 1.82) is 0 Å². The predicted octanol–water partition coefficient (Wildman–Crippen LogP) is -1.37. The number of nitrogens with zero attached hydrogens (tertiary/aromatic N) is 3. The molecule has 0 unspecified atom stereocenters. The average molecular weight is 399 g/mol. The summed E-state index contributed by atoms with van der Waals surface area (Å²) >= 11 is 0. The van der Waals surface area contributed by atoms with E-state index in [4.69, 9.17) is 0 Å². The maximum atomic E-state index is 12.6. The van der Waals surface area contributed by atoms with Gasteiger partial charge < -0.3 is 17.3 Å². The van der Waals surface area contributed by atoms with Gasteiger partial charge in [0.25, 0.3) is 11.8 Å². The second-order valence-corrected chi connectivity index (χ2v) is 6.88. The quantitative estimate of drug-likeness (QED) is 0.596. The highest BCUT2D eigenvalue weighted by Crippen LogP contribution is 2.22. The van der Waals surface area contributed by atoms with Gasteiger partial charge in [0.1, 0.15) is 6.54 Å². The molecule has 2 aromatic rings. The maximum Gasteiger partial charge on any atom is 0.262 e. The Morgan fingerprint density at radius 3 is 1.89 bits per heavy atom. The molecule has 0 atom stereocenters. The van der Waals surface area contributed by atoms with Gasteiger partial charge in [0.15, 0.2) is 0 Å². The zero-order chi connectivity index (χ0) is 18.8. The van der Waals surface area contributed by atoms with Gasteiger partial charge in [-0.1, -0.05) is 42.5 Å². The summed E-state index contributed by atoms with van der Waals surface area (Å²) in [6.45, 7) is 3.45. The summed E-state index contributed by atoms with van der Waals surface area (Å²) in [6, 6.07) is 16.9. The molecule has 6 nitrogen and oxygen atoms in total. The second-order valence-electron chi connectivity index (χ2n) is 6.88. The Morgan fingerprint density at radius 2 is 1.32 bits per heavy atom. The minimum atomic E-state index is -0.383. The third-order valence-electron chi connectivity index (χ3n) is 5.15. The molecule has 0 bridgehead atoms. The van der Waals surface area contributed by atoms with Crippen LogP contribution in [0, 0.1) is 0 Å². The fourth-order valence-electron chi connectivity index (χ4n) is 3.61. The Kier molecular flexibility index (Phi) is 6.11. The van der Waals surface area contributed by atoms with Crippen LogP contribution in [0.4, 0.5) is 0 Å². The van der Waals surface area contributed by atoms with Gasteiger partial charge in [0.05, 0.1) is 11.1 Å². The van der Waals surface area contributed by atoms with E-state index in [1.807, 2.05) is 18.2 Å². The van der Waals surface area contributed by atoms with E-state index >= 15 is 0 Å². The summed E-state index contributed by atoms with van der Waals surface area (Å²) in [7, 11) is 0. The molecule has 0 aliphatic carbocycles. The van der Waals surface area contributed by atoms with Crippen molar-refractivity contribution in [3.8, 4) is 0 Å². The van der Waals surface area contributed by atoms with Crippen molar-refractivity contribution in [2.75, 3.05) is 32.7 Å². The molecule has 2 aromatic carbocycles. The molecule has 1 saturated heterocycles. The van der Waals surface area contributed by atoms with Crippen molar-refractivity contribution in [3.05, 3.63) is 71.3 Å². The maximum absolute atomic E-state index is 12.6. The van der Waals surface area contributed by atoms with Crippen LogP contribution in [0.5, 0.6) is 0 Å². The lowest BCUT2D eigenvalue weighted by Crippen LogP contribution is -3.00. The first kappa shape index (κ1) is 20.0. The van der Waals surface area contributed by atoms with E-state index in [9.17, 15) is 14.4 Å². The third-order valence-corrected chi connectivity index (χ3v) is 5.15. The van der Waals surface area contributed by atoms with Gasteiger partial charge in [-0.05, 0) is 17.7 Å². The highest BCUT2D eigenvalue weighted by molar-refractivity contribution is 6.22. The molecule has 4 rings (SSSR count). The summed E-state index contributed by atoms with van der Waals surface area (Å²) in [4.78, 5) is 42.5. The van der Waals surface area contributed by atoms with E-state index in [1.165, 1.54) is 5.56 Å². The van der Waals surface area contributed by atoms with Crippen molar-refractivity contribution in [2.45, 2.75) is 6.54 Å². The first-order valence-corrected chi connectivity index (χ1v) is 9.13. The third kappa shape index (κ3) is 3.93. The lowest BCUT2D eigenvalue weighted by atomic mass is 10.1. The summed E-state index contributed by atoms with van der Waals surface area (Å²) in [5.74, 6) is -0.942. The van der Waals surface area contributed by atoms with Gasteiger partial charge >= 0.3 is 0 Å². The Hall–Kier alpha value is -2.70. The second kappa shape index (κ2) is 8.54. The van der Waals surface area contributed by atoms with Crippen LogP contribution >= 0.6 is 0 Å². The van der Waals surface area contributed by atoms with Gasteiger partial charge in [0.2, 0.25) is 5.91 Å². The summed E-state index contributed by atoms with van der Waals surface area (Å²) < 4.78 is 0. The van der Waals surface area contributed by atoms with E-state index in [0.717, 1.165) is 24.5 Å². The van der Waals surface area contributed by atoms with Crippen molar-refractivity contribution >= 4 is 17.7 Å². The van der Waals surface area contributed by atoms with Gasteiger partial charge in [-0.15, -0.1) is 0 Å². The number of carbonyl (C=O) groups excluding carboxylic acids is 3. The molecule has 3 amide bonds. The minimum Gasteiger partial charge on any atom is -1.00 e. The molecule has 1 fully saturated rings. The van der Waals surface area contributed by atoms with Gasteiger partial charge in [0, 0.05) is 32.7 Å². The molecular formula is C21H21ClN3O3-. The Balaban J connectivity index is 0.00000225. The van der Waals surface area contributed by atoms with Crippen LogP contribution in [0.1, 0.15) is 26.3 Å². The molecule has 0 aromatic heterocycles. The highest BCUT2D eigenvalue weighted by Gasteiger charge is 2.37. The molecular weight excluding hydrogens is 378 g/mol. The van der Waals surface area contributed by atoms with Crippen LogP contribution in [0.3, 0.4) is 0 Å². The van der Waals surface area contributed by atoms with Crippen LogP contribution < -0.4 is 12.4 Å². The lowest BCUT2D eigenvalue weighted by Gasteiger charge is -2.35. The van der Waals surface area contributed by atoms with Crippen LogP contribution in [-0.4, -0.2) is 65.1 Å². The summed E-state index contributed by atoms with van der Waals surface area (Å²) in [5.41, 5.74) is 2.01. The van der Waals surface area contributed by atoms with Crippen LogP contribution in [-0.2, 0) is 11.3 Å². The van der Waals surface area contributed by atoms with Crippen molar-refractivity contribution in [2.24, 2.45) is 0 Å². The van der Waals surface area contributed by atoms with Crippen LogP contribution in [0.2, 0.25) is 0 Å². The van der Waals surface area contributed by atoms with Gasteiger partial charge in [-0.3, -0.25) is 24.2 Å². The Bertz CT molecular complexity index is 844. The van der Waals surface area contributed by atoms with Crippen LogP contribution in [0.25, 0.3) is 0 Å². The van der Waals surface area contributed by atoms with E-state index in [0.29, 0.717) is 24.2 Å². The smallest absolute Gasteiger partial charge is 0.262 e. The number of benzene rings is 2. The fraction of sp³-hybridized carbons (Fsp3) is 0.286. The number of fused-ring (bicyclic) bond motifs is 1. The Morgan fingerprint density at radius 1 is 0.786 bits per heavy atom. The number of piperazine rings is 1. The van der Waals surface area contributed by atoms with Crippen molar-refractivity contribution < 1.29 is 26.8 Å². The number of rotatable bonds is 4. The molecule has 0 radical (unpaired) electrons. The number of hydrogen-bond donors (Lipinski definition) is 0. The molecule has 2 aliphatic heterocycles. The number of imide groups is 1. The van der Waals surface area contributed by atoms with E-state index in [1.54, 1.807) is 29.2 Å². The monoisotopic (exact) mass is 398 g/mol. The zero-order valence-corrected chi connectivity index (χ0v) is 16.1. The first-order chi connectivity index (χ1) is 13.1. The molecule has 2 heterocycles. The molecule has 0 spiro atoms. The van der Waals surface area contributed by atoms with E-state index in [2.05, 4.69) is 17.0 Å². The number of carbonyl (C=O) groups is 3. The molecule has 0 N–H and O–H groups in total. The molecule has 2 aliphatic rings. The number of amides is 3. The first-order valence-electron chi connectivity index (χ1n) is 9.13. The van der Waals surface area contributed by atoms with Crippen LogP contribution in [0.15, 0.2) is 54.6 Å². The average Bonchev–Trinajstić information content (AvgIpc) is 2.94. The predicted molar refractivity (Wildman–Crippen MR) is 100 cm³/mol. The number of hydrogen-bond acceptors (Lipinski definition) is 4. The molecule has 7 heteroatoms. The fourth-order valence-corrected chi connectivity index (χ4v) is 3.61. The lowest BCUT2D eigenvalue weighted by molar-refractivity contribution is -0.133. The summed E-state index contributed by atoms with van der Waals surface area (Å²) in [6.07, 6.45) is 0. The number of halogens is 1. The van der Waals surface area contributed by atoms with E-state index < -0.39 is 0 Å². The molecule has 28 heavy (non-hydrogen) atoms. The minimum absolute atomic E-state index is 0. The normalized spacial score (nSPS) is 16.7. The van der Waals surface area contributed by atoms with Gasteiger partial charge in [-0.2, -0.15) is 0 Å².